The van der Waals surface area contributed by atoms with Crippen LogP contribution in [0.25, 0.3) is 0 Å². The van der Waals surface area contributed by atoms with E-state index >= 15 is 0 Å². The zero-order valence-corrected chi connectivity index (χ0v) is 7.41. The van der Waals surface area contributed by atoms with Crippen LogP contribution in [0.4, 0.5) is 0 Å². The minimum absolute atomic E-state index is 0.213. The molecule has 1 aliphatic rings. The van der Waals surface area contributed by atoms with Crippen LogP contribution < -0.4 is 0 Å². The van der Waals surface area contributed by atoms with Crippen LogP contribution in [0.15, 0.2) is 0 Å². The maximum atomic E-state index is 11.3. The van der Waals surface area contributed by atoms with Gasteiger partial charge in [-0.15, -0.1) is 0 Å². The van der Waals surface area contributed by atoms with Crippen LogP contribution >= 0.6 is 0 Å². The molecule has 0 saturated carbocycles. The van der Waals surface area contributed by atoms with Gasteiger partial charge in [-0.3, -0.25) is 4.79 Å². The highest BCUT2D eigenvalue weighted by Crippen LogP contribution is 2.29. The van der Waals surface area contributed by atoms with Gasteiger partial charge in [-0.05, 0) is 19.3 Å². The summed E-state index contributed by atoms with van der Waals surface area (Å²) in [7, 11) is 1.40. The molecular formula is C8H11N3O2. The number of esters is 1. The van der Waals surface area contributed by atoms with Crippen LogP contribution in [0.5, 0.6) is 0 Å². The Kier molecular flexibility index (Phi) is 2.00. The maximum Gasteiger partial charge on any atom is 0.314 e. The molecule has 0 saturated heterocycles. The summed E-state index contributed by atoms with van der Waals surface area (Å²) in [6.07, 6.45) is 2.69. The Hall–Kier alpha value is -1.39. The second-order valence-electron chi connectivity index (χ2n) is 3.12. The first kappa shape index (κ1) is 8.22. The number of aryl methyl sites for hydroxylation is 1. The van der Waals surface area contributed by atoms with Crippen LogP contribution in [0.1, 0.15) is 30.1 Å². The molecule has 70 valence electrons. The highest BCUT2D eigenvalue weighted by molar-refractivity contribution is 5.77. The molecule has 1 aromatic rings. The second-order valence-corrected chi connectivity index (χ2v) is 3.12. The summed E-state index contributed by atoms with van der Waals surface area (Å²) in [5, 5.41) is 10.5. The average molecular weight is 181 g/mol. The molecule has 0 amide bonds. The van der Waals surface area contributed by atoms with Crippen molar-refractivity contribution in [1.82, 2.24) is 15.4 Å². The van der Waals surface area contributed by atoms with Gasteiger partial charge in [0.2, 0.25) is 0 Å². The Morgan fingerprint density at radius 2 is 2.46 bits per heavy atom. The van der Waals surface area contributed by atoms with E-state index in [2.05, 4.69) is 15.4 Å². The van der Waals surface area contributed by atoms with Crippen molar-refractivity contribution in [3.05, 3.63) is 11.4 Å². The summed E-state index contributed by atoms with van der Waals surface area (Å²) in [4.78, 5) is 11.3. The van der Waals surface area contributed by atoms with Gasteiger partial charge < -0.3 is 4.74 Å². The normalized spacial score (nSPS) is 20.8. The first-order valence-corrected chi connectivity index (χ1v) is 4.30. The first-order valence-electron chi connectivity index (χ1n) is 4.30. The van der Waals surface area contributed by atoms with Gasteiger partial charge in [0.1, 0.15) is 5.92 Å². The molecule has 0 fully saturated rings. The molecule has 2 rings (SSSR count). The fraction of sp³-hybridized carbons (Fsp3) is 0.625. The van der Waals surface area contributed by atoms with E-state index < -0.39 is 0 Å². The molecular weight excluding hydrogens is 170 g/mol. The van der Waals surface area contributed by atoms with Crippen molar-refractivity contribution in [2.45, 2.75) is 25.2 Å². The van der Waals surface area contributed by atoms with Crippen molar-refractivity contribution < 1.29 is 9.53 Å². The lowest BCUT2D eigenvalue weighted by molar-refractivity contribution is -0.142. The number of aromatic amines is 1. The standard InChI is InChI=1S/C8H11N3O2/c1-13-8(12)5-3-2-4-6-7(5)10-11-9-6/h5H,2-4H2,1H3,(H,9,10,11). The highest BCUT2D eigenvalue weighted by Gasteiger charge is 2.30. The van der Waals surface area contributed by atoms with E-state index in [4.69, 9.17) is 4.74 Å². The van der Waals surface area contributed by atoms with Crippen molar-refractivity contribution in [2.75, 3.05) is 7.11 Å². The summed E-state index contributed by atoms with van der Waals surface area (Å²) in [5.74, 6) is -0.428. The van der Waals surface area contributed by atoms with Crippen molar-refractivity contribution in [3.63, 3.8) is 0 Å². The lowest BCUT2D eigenvalue weighted by atomic mass is 9.90. The van der Waals surface area contributed by atoms with Crippen LogP contribution in [0.3, 0.4) is 0 Å². The van der Waals surface area contributed by atoms with Gasteiger partial charge in [-0.1, -0.05) is 0 Å². The van der Waals surface area contributed by atoms with Gasteiger partial charge in [0.15, 0.2) is 0 Å². The van der Waals surface area contributed by atoms with E-state index in [0.29, 0.717) is 0 Å². The molecule has 5 nitrogen and oxygen atoms in total. The maximum absolute atomic E-state index is 11.3. The van der Waals surface area contributed by atoms with E-state index in [1.54, 1.807) is 0 Å². The van der Waals surface area contributed by atoms with E-state index in [0.717, 1.165) is 30.7 Å². The third-order valence-corrected chi connectivity index (χ3v) is 2.37. The number of aromatic nitrogens is 3. The van der Waals surface area contributed by atoms with E-state index in [9.17, 15) is 4.79 Å². The van der Waals surface area contributed by atoms with Crippen molar-refractivity contribution in [1.29, 1.82) is 0 Å². The molecule has 13 heavy (non-hydrogen) atoms. The molecule has 1 N–H and O–H groups in total. The number of carbonyl (C=O) groups is 1. The third-order valence-electron chi connectivity index (χ3n) is 2.37. The average Bonchev–Trinajstić information content (AvgIpc) is 2.63. The number of rotatable bonds is 1. The summed E-state index contributed by atoms with van der Waals surface area (Å²) >= 11 is 0. The zero-order chi connectivity index (χ0) is 9.26. The van der Waals surface area contributed by atoms with Crippen LogP contribution in [-0.4, -0.2) is 28.5 Å². The largest absolute Gasteiger partial charge is 0.469 e. The van der Waals surface area contributed by atoms with Crippen LogP contribution in [0, 0.1) is 0 Å². The molecule has 0 radical (unpaired) electrons. The van der Waals surface area contributed by atoms with Crippen molar-refractivity contribution in [2.24, 2.45) is 0 Å². The molecule has 1 aromatic heterocycles. The van der Waals surface area contributed by atoms with Crippen molar-refractivity contribution in [3.8, 4) is 0 Å². The number of hydrogen-bond donors (Lipinski definition) is 1. The SMILES string of the molecule is COC(=O)C1CCCc2n[nH]nc21. The molecule has 1 unspecified atom stereocenters. The van der Waals surface area contributed by atoms with E-state index in [1.807, 2.05) is 0 Å². The molecule has 1 heterocycles. The zero-order valence-electron chi connectivity index (χ0n) is 7.41. The Morgan fingerprint density at radius 1 is 1.62 bits per heavy atom. The minimum Gasteiger partial charge on any atom is -0.469 e. The Labute approximate surface area is 75.5 Å². The molecule has 0 aliphatic heterocycles. The topological polar surface area (TPSA) is 67.9 Å². The number of hydrogen-bond acceptors (Lipinski definition) is 4. The van der Waals surface area contributed by atoms with Gasteiger partial charge in [0, 0.05) is 0 Å². The van der Waals surface area contributed by atoms with Crippen LogP contribution in [-0.2, 0) is 16.0 Å². The molecule has 0 aromatic carbocycles. The highest BCUT2D eigenvalue weighted by atomic mass is 16.5. The number of carbonyl (C=O) groups excluding carboxylic acids is 1. The monoisotopic (exact) mass is 181 g/mol. The molecule has 0 spiro atoms. The fourth-order valence-electron chi connectivity index (χ4n) is 1.71. The van der Waals surface area contributed by atoms with Gasteiger partial charge >= 0.3 is 5.97 Å². The van der Waals surface area contributed by atoms with Gasteiger partial charge in [-0.25, -0.2) is 0 Å². The predicted octanol–water partition coefficient (Wildman–Crippen LogP) is 0.398. The number of nitrogens with zero attached hydrogens (tertiary/aromatic N) is 2. The lowest BCUT2D eigenvalue weighted by Gasteiger charge is -2.17. The molecule has 1 aliphatic carbocycles. The number of methoxy groups -OCH3 is 1. The third kappa shape index (κ3) is 1.30. The van der Waals surface area contributed by atoms with E-state index in [1.165, 1.54) is 7.11 Å². The van der Waals surface area contributed by atoms with E-state index in [-0.39, 0.29) is 11.9 Å². The number of H-pyrrole nitrogens is 1. The Balaban J connectivity index is 2.30. The Bertz CT molecular complexity index is 321. The summed E-state index contributed by atoms with van der Waals surface area (Å²) in [6.45, 7) is 0. The number of ether oxygens (including phenoxy) is 1. The summed E-state index contributed by atoms with van der Waals surface area (Å²) < 4.78 is 4.70. The smallest absolute Gasteiger partial charge is 0.314 e. The molecule has 5 heteroatoms. The van der Waals surface area contributed by atoms with Gasteiger partial charge in [0.25, 0.3) is 0 Å². The second kappa shape index (κ2) is 3.16. The lowest BCUT2D eigenvalue weighted by Crippen LogP contribution is -2.19. The van der Waals surface area contributed by atoms with Gasteiger partial charge in [-0.2, -0.15) is 15.4 Å². The first-order chi connectivity index (χ1) is 6.33. The predicted molar refractivity (Wildman–Crippen MR) is 44.1 cm³/mol. The summed E-state index contributed by atoms with van der Waals surface area (Å²) in [5.41, 5.74) is 1.67. The van der Waals surface area contributed by atoms with Crippen molar-refractivity contribution >= 4 is 5.97 Å². The number of nitrogens with one attached hydrogen (secondary N) is 1. The number of fused-ring (bicyclic) bond motifs is 1. The Morgan fingerprint density at radius 3 is 3.23 bits per heavy atom. The van der Waals surface area contributed by atoms with Gasteiger partial charge in [0.05, 0.1) is 18.5 Å². The van der Waals surface area contributed by atoms with Crippen LogP contribution in [0.2, 0.25) is 0 Å². The minimum atomic E-state index is -0.215. The fourth-order valence-corrected chi connectivity index (χ4v) is 1.71. The quantitative estimate of drug-likeness (QED) is 0.636. The molecule has 1 atom stereocenters. The summed E-state index contributed by atoms with van der Waals surface area (Å²) in [6, 6.07) is 0. The molecule has 0 bridgehead atoms.